The topological polar surface area (TPSA) is 199 Å². The normalized spacial score (nSPS) is 11.5. The fourth-order valence-corrected chi connectivity index (χ4v) is 3.22. The Balaban J connectivity index is 1.90. The van der Waals surface area contributed by atoms with Gasteiger partial charge in [-0.05, 0) is 30.3 Å². The van der Waals surface area contributed by atoms with Crippen molar-refractivity contribution in [3.05, 3.63) is 63.6 Å². The molecule has 0 aromatic heterocycles. The van der Waals surface area contributed by atoms with Crippen molar-refractivity contribution in [1.82, 2.24) is 16.0 Å². The average Bonchev–Trinajstić information content (AvgIpc) is 2.80. The summed E-state index contributed by atoms with van der Waals surface area (Å²) in [6, 6.07) is 8.90. The zero-order valence-corrected chi connectivity index (χ0v) is 19.4. The number of hydrogen-bond acceptors (Lipinski definition) is 6. The minimum Gasteiger partial charge on any atom is -0.480 e. The minimum atomic E-state index is -1.49. The second kappa shape index (κ2) is 12.8. The second-order valence-electron chi connectivity index (χ2n) is 6.75. The van der Waals surface area contributed by atoms with Crippen LogP contribution in [-0.4, -0.2) is 53.9 Å². The van der Waals surface area contributed by atoms with Crippen LogP contribution in [0, 0.1) is 11.5 Å². The number of nitriles is 1. The van der Waals surface area contributed by atoms with E-state index in [9.17, 15) is 24.3 Å². The summed E-state index contributed by atoms with van der Waals surface area (Å²) >= 11 is 11.9. The van der Waals surface area contributed by atoms with Gasteiger partial charge < -0.3 is 32.1 Å². The van der Waals surface area contributed by atoms with Crippen LogP contribution in [0.3, 0.4) is 0 Å². The van der Waals surface area contributed by atoms with E-state index >= 15 is 0 Å². The summed E-state index contributed by atoms with van der Waals surface area (Å²) in [5.74, 6) is -3.70. The van der Waals surface area contributed by atoms with E-state index in [4.69, 9.17) is 34.2 Å². The van der Waals surface area contributed by atoms with Crippen molar-refractivity contribution >= 4 is 58.5 Å². The lowest BCUT2D eigenvalue weighted by atomic mass is 10.2. The molecule has 0 radical (unpaired) electrons. The summed E-state index contributed by atoms with van der Waals surface area (Å²) in [6.45, 7) is -0.931. The number of carbonyl (C=O) groups excluding carboxylic acids is 3. The Labute approximate surface area is 209 Å². The molecule has 2 aromatic rings. The Bertz CT molecular complexity index is 1190. The smallest absolute Gasteiger partial charge is 0.328 e. The van der Waals surface area contributed by atoms with Crippen LogP contribution >= 0.6 is 23.2 Å². The zero-order chi connectivity index (χ0) is 26.0. The van der Waals surface area contributed by atoms with E-state index in [-0.39, 0.29) is 27.1 Å². The van der Waals surface area contributed by atoms with Crippen molar-refractivity contribution in [2.75, 3.05) is 18.4 Å². The van der Waals surface area contributed by atoms with E-state index in [2.05, 4.69) is 26.3 Å². The highest BCUT2D eigenvalue weighted by molar-refractivity contribution is 6.39. The first-order valence-electron chi connectivity index (χ1n) is 9.74. The molecule has 0 spiro atoms. The molecular formula is C21H19Cl2N7O5. The molecule has 35 heavy (non-hydrogen) atoms. The maximum atomic E-state index is 12.4. The molecule has 0 unspecified atom stereocenters. The number of halogens is 2. The van der Waals surface area contributed by atoms with E-state index in [1.54, 1.807) is 12.1 Å². The number of carbonyl (C=O) groups is 4. The average molecular weight is 520 g/mol. The van der Waals surface area contributed by atoms with E-state index in [1.165, 1.54) is 36.5 Å². The third-order valence-electron chi connectivity index (χ3n) is 4.27. The SMILES string of the molecule is N#C/N=C(\N)Nc1cccc(C(=O)NCC(=O)NC[C@@H](NC(=O)c2c(Cl)cccc2Cl)C(=O)O)c1. The summed E-state index contributed by atoms with van der Waals surface area (Å²) in [7, 11) is 0. The number of rotatable bonds is 9. The number of hydrogen-bond donors (Lipinski definition) is 6. The number of aliphatic carboxylic acids is 1. The first kappa shape index (κ1) is 26.9. The molecule has 3 amide bonds. The maximum Gasteiger partial charge on any atom is 0.328 e. The maximum absolute atomic E-state index is 12.4. The van der Waals surface area contributed by atoms with Crippen molar-refractivity contribution < 1.29 is 24.3 Å². The van der Waals surface area contributed by atoms with Crippen molar-refractivity contribution in [3.63, 3.8) is 0 Å². The van der Waals surface area contributed by atoms with Gasteiger partial charge in [0, 0.05) is 17.8 Å². The summed E-state index contributed by atoms with van der Waals surface area (Å²) in [6.07, 6.45) is 1.51. The molecule has 0 saturated carbocycles. The predicted octanol–water partition coefficient (Wildman–Crippen LogP) is 0.930. The first-order valence-corrected chi connectivity index (χ1v) is 10.5. The van der Waals surface area contributed by atoms with Crippen LogP contribution < -0.4 is 27.0 Å². The number of anilines is 1. The number of nitrogens with zero attached hydrogens (tertiary/aromatic N) is 2. The van der Waals surface area contributed by atoms with Crippen molar-refractivity contribution in [2.45, 2.75) is 6.04 Å². The molecule has 7 N–H and O–H groups in total. The van der Waals surface area contributed by atoms with Gasteiger partial charge in [0.15, 0.2) is 0 Å². The van der Waals surface area contributed by atoms with Gasteiger partial charge in [-0.1, -0.05) is 35.3 Å². The highest BCUT2D eigenvalue weighted by atomic mass is 35.5. The number of carboxylic acids is 1. The summed E-state index contributed by atoms with van der Waals surface area (Å²) in [4.78, 5) is 51.6. The van der Waals surface area contributed by atoms with E-state index in [0.29, 0.717) is 5.69 Å². The summed E-state index contributed by atoms with van der Waals surface area (Å²) in [5, 5.41) is 27.5. The number of nitrogens with two attached hydrogens (primary N) is 1. The third-order valence-corrected chi connectivity index (χ3v) is 4.90. The molecule has 14 heteroatoms. The van der Waals surface area contributed by atoms with Crippen LogP contribution in [0.1, 0.15) is 20.7 Å². The van der Waals surface area contributed by atoms with E-state index in [0.717, 1.165) is 0 Å². The molecule has 2 aromatic carbocycles. The number of benzene rings is 2. The molecule has 0 aliphatic rings. The van der Waals surface area contributed by atoms with Gasteiger partial charge in [0.2, 0.25) is 18.1 Å². The van der Waals surface area contributed by atoms with Crippen molar-refractivity contribution in [3.8, 4) is 6.19 Å². The Morgan fingerprint density at radius 3 is 2.34 bits per heavy atom. The molecule has 0 bridgehead atoms. The highest BCUT2D eigenvalue weighted by Gasteiger charge is 2.24. The third kappa shape index (κ3) is 8.18. The summed E-state index contributed by atoms with van der Waals surface area (Å²) < 4.78 is 0. The van der Waals surface area contributed by atoms with Gasteiger partial charge >= 0.3 is 5.97 Å². The molecule has 0 aliphatic heterocycles. The lowest BCUT2D eigenvalue weighted by Crippen LogP contribution is -2.50. The molecule has 182 valence electrons. The quantitative estimate of drug-likeness (QED) is 0.159. The largest absolute Gasteiger partial charge is 0.480 e. The van der Waals surface area contributed by atoms with Crippen LogP contribution in [0.2, 0.25) is 10.0 Å². The molecule has 2 rings (SSSR count). The molecule has 0 fully saturated rings. The fourth-order valence-electron chi connectivity index (χ4n) is 2.65. The zero-order valence-electron chi connectivity index (χ0n) is 17.8. The first-order chi connectivity index (χ1) is 16.6. The fraction of sp³-hybridized carbons (Fsp3) is 0.143. The number of nitrogens with one attached hydrogen (secondary N) is 4. The minimum absolute atomic E-state index is 0.0326. The Kier molecular flexibility index (Phi) is 9.83. The molecular weight excluding hydrogens is 501 g/mol. The Morgan fingerprint density at radius 2 is 1.71 bits per heavy atom. The monoisotopic (exact) mass is 519 g/mol. The number of amides is 3. The lowest BCUT2D eigenvalue weighted by molar-refractivity contribution is -0.139. The molecule has 12 nitrogen and oxygen atoms in total. The molecule has 1 atom stereocenters. The standard InChI is InChI=1S/C21H19Cl2N7O5/c22-13-5-2-6-14(23)17(13)19(33)30-15(20(34)35)8-26-16(31)9-27-18(32)11-3-1-4-12(7-11)29-21(25)28-10-24/h1-7,15H,8-9H2,(H,26,31)(H,27,32)(H,30,33)(H,34,35)(H3,25,28,29)/t15-/m1/s1. The van der Waals surface area contributed by atoms with E-state index < -0.39 is 42.8 Å². The van der Waals surface area contributed by atoms with Crippen LogP contribution in [-0.2, 0) is 9.59 Å². The van der Waals surface area contributed by atoms with E-state index in [1.807, 2.05) is 0 Å². The van der Waals surface area contributed by atoms with Crippen LogP contribution in [0.5, 0.6) is 0 Å². The van der Waals surface area contributed by atoms with Gasteiger partial charge in [-0.25, -0.2) is 4.79 Å². The van der Waals surface area contributed by atoms with Gasteiger partial charge in [-0.15, -0.1) is 4.99 Å². The van der Waals surface area contributed by atoms with Gasteiger partial charge in [-0.2, -0.15) is 5.26 Å². The highest BCUT2D eigenvalue weighted by Crippen LogP contribution is 2.24. The Hall–Kier alpha value is -4.34. The molecule has 0 heterocycles. The second-order valence-corrected chi connectivity index (χ2v) is 7.56. The van der Waals surface area contributed by atoms with Crippen molar-refractivity contribution in [1.29, 1.82) is 5.26 Å². The predicted molar refractivity (Wildman–Crippen MR) is 128 cm³/mol. The number of aliphatic imine (C=N–C) groups is 1. The number of carboxylic acid groups (broad SMARTS) is 1. The number of guanidine groups is 1. The van der Waals surface area contributed by atoms with Crippen LogP contribution in [0.15, 0.2) is 47.5 Å². The van der Waals surface area contributed by atoms with Gasteiger partial charge in [0.25, 0.3) is 11.8 Å². The van der Waals surface area contributed by atoms with Gasteiger partial charge in [-0.3, -0.25) is 14.4 Å². The van der Waals surface area contributed by atoms with Gasteiger partial charge in [0.1, 0.15) is 6.04 Å². The van der Waals surface area contributed by atoms with Crippen LogP contribution in [0.4, 0.5) is 5.69 Å². The lowest BCUT2D eigenvalue weighted by Gasteiger charge is -2.16. The van der Waals surface area contributed by atoms with Crippen molar-refractivity contribution in [2.24, 2.45) is 10.7 Å². The summed E-state index contributed by atoms with van der Waals surface area (Å²) in [5.41, 5.74) is 5.95. The Morgan fingerprint density at radius 1 is 1.06 bits per heavy atom. The van der Waals surface area contributed by atoms with Crippen LogP contribution in [0.25, 0.3) is 0 Å². The molecule has 0 saturated heterocycles. The molecule has 0 aliphatic carbocycles. The van der Waals surface area contributed by atoms with Gasteiger partial charge in [0.05, 0.1) is 22.2 Å².